The minimum atomic E-state index is 0.322. The second kappa shape index (κ2) is 6.87. The largest absolute Gasteiger partial charge is 0.342 e. The van der Waals surface area contributed by atoms with Crippen LogP contribution in [-0.4, -0.2) is 38.7 Å². The highest BCUT2D eigenvalue weighted by atomic mass is 16.2. The van der Waals surface area contributed by atoms with Gasteiger partial charge >= 0.3 is 0 Å². The van der Waals surface area contributed by atoms with Crippen LogP contribution in [0.2, 0.25) is 0 Å². The zero-order valence-electron chi connectivity index (χ0n) is 12.6. The van der Waals surface area contributed by atoms with Gasteiger partial charge < -0.3 is 4.90 Å². The summed E-state index contributed by atoms with van der Waals surface area (Å²) in [6.07, 6.45) is 13.2. The highest BCUT2D eigenvalue weighted by molar-refractivity contribution is 5.78. The van der Waals surface area contributed by atoms with Crippen LogP contribution >= 0.6 is 0 Å². The van der Waals surface area contributed by atoms with Gasteiger partial charge in [-0.25, -0.2) is 4.98 Å². The van der Waals surface area contributed by atoms with Crippen molar-refractivity contribution in [1.29, 1.82) is 0 Å². The molecule has 1 aliphatic carbocycles. The average molecular weight is 288 g/mol. The maximum Gasteiger partial charge on any atom is 0.226 e. The Balaban J connectivity index is 1.44. The number of piperidine rings is 1. The zero-order valence-corrected chi connectivity index (χ0v) is 12.6. The number of aromatic nitrogens is 3. The summed E-state index contributed by atoms with van der Waals surface area (Å²) < 4.78 is 1.90. The van der Waals surface area contributed by atoms with Crippen LogP contribution in [0.4, 0.5) is 0 Å². The van der Waals surface area contributed by atoms with Crippen molar-refractivity contribution in [3.63, 3.8) is 0 Å². The van der Waals surface area contributed by atoms with Crippen molar-refractivity contribution in [2.45, 2.75) is 51.5 Å². The molecular formula is C16H24N4O. The van der Waals surface area contributed by atoms with Gasteiger partial charge in [-0.3, -0.25) is 9.48 Å². The predicted molar refractivity (Wildman–Crippen MR) is 80.5 cm³/mol. The molecule has 5 heteroatoms. The SMILES string of the molecule is O=C(CC1=CCCCC1)N1CCC(Cn2cncn2)CC1. The number of rotatable bonds is 4. The summed E-state index contributed by atoms with van der Waals surface area (Å²) in [4.78, 5) is 18.4. The Labute approximate surface area is 126 Å². The molecule has 0 N–H and O–H groups in total. The summed E-state index contributed by atoms with van der Waals surface area (Å²) in [7, 11) is 0. The van der Waals surface area contributed by atoms with Gasteiger partial charge in [-0.1, -0.05) is 11.6 Å². The van der Waals surface area contributed by atoms with E-state index in [-0.39, 0.29) is 0 Å². The van der Waals surface area contributed by atoms with Gasteiger partial charge in [0.2, 0.25) is 5.91 Å². The molecule has 3 rings (SSSR count). The molecular weight excluding hydrogens is 264 g/mol. The molecule has 5 nitrogen and oxygen atoms in total. The summed E-state index contributed by atoms with van der Waals surface area (Å²) in [5.41, 5.74) is 1.36. The lowest BCUT2D eigenvalue weighted by atomic mass is 9.94. The molecule has 0 aromatic carbocycles. The smallest absolute Gasteiger partial charge is 0.226 e. The quantitative estimate of drug-likeness (QED) is 0.799. The van der Waals surface area contributed by atoms with Gasteiger partial charge in [-0.15, -0.1) is 0 Å². The van der Waals surface area contributed by atoms with Gasteiger partial charge in [0.15, 0.2) is 0 Å². The van der Waals surface area contributed by atoms with E-state index in [2.05, 4.69) is 16.2 Å². The molecule has 0 atom stereocenters. The molecule has 0 radical (unpaired) electrons. The van der Waals surface area contributed by atoms with E-state index in [1.807, 2.05) is 9.58 Å². The molecule has 1 fully saturated rings. The van der Waals surface area contributed by atoms with E-state index in [1.165, 1.54) is 18.4 Å². The van der Waals surface area contributed by atoms with Gasteiger partial charge in [0.25, 0.3) is 0 Å². The first-order valence-electron chi connectivity index (χ1n) is 8.09. The van der Waals surface area contributed by atoms with Crippen LogP contribution in [0, 0.1) is 5.92 Å². The van der Waals surface area contributed by atoms with Crippen molar-refractivity contribution in [3.05, 3.63) is 24.3 Å². The Hall–Kier alpha value is -1.65. The number of nitrogens with zero attached hydrogens (tertiary/aromatic N) is 4. The van der Waals surface area contributed by atoms with Crippen LogP contribution in [0.3, 0.4) is 0 Å². The molecule has 0 saturated carbocycles. The summed E-state index contributed by atoms with van der Waals surface area (Å²) in [5, 5.41) is 4.16. The second-order valence-electron chi connectivity index (χ2n) is 6.23. The van der Waals surface area contributed by atoms with E-state index in [1.54, 1.807) is 12.7 Å². The van der Waals surface area contributed by atoms with Crippen LogP contribution in [0.15, 0.2) is 24.3 Å². The number of hydrogen-bond donors (Lipinski definition) is 0. The molecule has 1 amide bonds. The lowest BCUT2D eigenvalue weighted by molar-refractivity contribution is -0.131. The number of carbonyl (C=O) groups is 1. The minimum Gasteiger partial charge on any atom is -0.342 e. The highest BCUT2D eigenvalue weighted by Gasteiger charge is 2.23. The highest BCUT2D eigenvalue weighted by Crippen LogP contribution is 2.23. The first-order valence-corrected chi connectivity index (χ1v) is 8.09. The van der Waals surface area contributed by atoms with E-state index < -0.39 is 0 Å². The van der Waals surface area contributed by atoms with Crippen LogP contribution in [0.5, 0.6) is 0 Å². The number of amides is 1. The van der Waals surface area contributed by atoms with Gasteiger partial charge in [-0.05, 0) is 44.4 Å². The molecule has 0 unspecified atom stereocenters. The molecule has 0 spiro atoms. The molecule has 114 valence electrons. The Bertz CT molecular complexity index is 486. The van der Waals surface area contributed by atoms with Gasteiger partial charge in [-0.2, -0.15) is 5.10 Å². The Morgan fingerprint density at radius 3 is 2.81 bits per heavy atom. The van der Waals surface area contributed by atoms with Crippen molar-refractivity contribution < 1.29 is 4.79 Å². The van der Waals surface area contributed by atoms with E-state index in [4.69, 9.17) is 0 Å². The minimum absolute atomic E-state index is 0.322. The van der Waals surface area contributed by atoms with Gasteiger partial charge in [0, 0.05) is 26.1 Å². The monoisotopic (exact) mass is 288 g/mol. The van der Waals surface area contributed by atoms with Crippen molar-refractivity contribution in [2.75, 3.05) is 13.1 Å². The van der Waals surface area contributed by atoms with Gasteiger partial charge in [0.05, 0.1) is 0 Å². The van der Waals surface area contributed by atoms with E-state index >= 15 is 0 Å². The fourth-order valence-electron chi connectivity index (χ4n) is 3.33. The zero-order chi connectivity index (χ0) is 14.5. The Morgan fingerprint density at radius 1 is 1.29 bits per heavy atom. The fourth-order valence-corrected chi connectivity index (χ4v) is 3.33. The molecule has 0 bridgehead atoms. The Kier molecular flexibility index (Phi) is 4.68. The Morgan fingerprint density at radius 2 is 2.14 bits per heavy atom. The lowest BCUT2D eigenvalue weighted by Crippen LogP contribution is -2.39. The van der Waals surface area contributed by atoms with Gasteiger partial charge in [0.1, 0.15) is 12.7 Å². The van der Waals surface area contributed by atoms with Crippen molar-refractivity contribution in [2.24, 2.45) is 5.92 Å². The van der Waals surface area contributed by atoms with E-state index in [9.17, 15) is 4.79 Å². The van der Waals surface area contributed by atoms with Crippen molar-refractivity contribution >= 4 is 5.91 Å². The first kappa shape index (κ1) is 14.3. The standard InChI is InChI=1S/C16H24N4O/c21-16(10-14-4-2-1-3-5-14)19-8-6-15(7-9-19)11-20-13-17-12-18-20/h4,12-13,15H,1-3,5-11H2. The summed E-state index contributed by atoms with van der Waals surface area (Å²) >= 11 is 0. The van der Waals surface area contributed by atoms with Crippen LogP contribution in [0.25, 0.3) is 0 Å². The van der Waals surface area contributed by atoms with Crippen LogP contribution < -0.4 is 0 Å². The number of hydrogen-bond acceptors (Lipinski definition) is 3. The van der Waals surface area contributed by atoms with Crippen molar-refractivity contribution in [3.8, 4) is 0 Å². The fraction of sp³-hybridized carbons (Fsp3) is 0.688. The summed E-state index contributed by atoms with van der Waals surface area (Å²) in [6, 6.07) is 0. The molecule has 21 heavy (non-hydrogen) atoms. The van der Waals surface area contributed by atoms with Crippen LogP contribution in [-0.2, 0) is 11.3 Å². The topological polar surface area (TPSA) is 51.0 Å². The second-order valence-corrected chi connectivity index (χ2v) is 6.23. The predicted octanol–water partition coefficient (Wildman–Crippen LogP) is 2.41. The molecule has 2 heterocycles. The molecule has 1 saturated heterocycles. The van der Waals surface area contributed by atoms with Crippen LogP contribution in [0.1, 0.15) is 44.9 Å². The number of likely N-dealkylation sites (tertiary alicyclic amines) is 1. The molecule has 1 aromatic heterocycles. The number of allylic oxidation sites excluding steroid dienone is 1. The molecule has 1 aliphatic heterocycles. The van der Waals surface area contributed by atoms with E-state index in [0.29, 0.717) is 18.2 Å². The third-order valence-electron chi connectivity index (χ3n) is 4.64. The normalized spacial score (nSPS) is 20.4. The lowest BCUT2D eigenvalue weighted by Gasteiger charge is -2.32. The first-order chi connectivity index (χ1) is 10.3. The number of carbonyl (C=O) groups excluding carboxylic acids is 1. The summed E-state index contributed by atoms with van der Waals surface area (Å²) in [5.74, 6) is 0.937. The van der Waals surface area contributed by atoms with E-state index in [0.717, 1.165) is 45.3 Å². The molecule has 1 aromatic rings. The third-order valence-corrected chi connectivity index (χ3v) is 4.64. The summed E-state index contributed by atoms with van der Waals surface area (Å²) in [6.45, 7) is 2.71. The maximum absolute atomic E-state index is 12.3. The maximum atomic E-state index is 12.3. The average Bonchev–Trinajstić information content (AvgIpc) is 3.02. The van der Waals surface area contributed by atoms with Crippen molar-refractivity contribution in [1.82, 2.24) is 19.7 Å². The molecule has 2 aliphatic rings. The third kappa shape index (κ3) is 3.93.